The lowest BCUT2D eigenvalue weighted by molar-refractivity contribution is -0.225. The first-order valence-corrected chi connectivity index (χ1v) is 7.25. The standard InChI is InChI=1S/C16H15F4NO4/c1-7(2)24-15-13(19)11(17)10(12(18)14(15)20)16(3,4)25-21-8(22)5-6-9(21)23/h5-7H,1-4H3. The van der Waals surface area contributed by atoms with E-state index in [1.807, 2.05) is 0 Å². The van der Waals surface area contributed by atoms with Crippen molar-refractivity contribution in [3.63, 3.8) is 0 Å². The predicted octanol–water partition coefficient (Wildman–Crippen LogP) is 3.12. The van der Waals surface area contributed by atoms with Gasteiger partial charge in [0.15, 0.2) is 17.4 Å². The smallest absolute Gasteiger partial charge is 0.278 e. The number of carbonyl (C=O) groups is 2. The molecule has 0 spiro atoms. The third-order valence-corrected chi connectivity index (χ3v) is 3.27. The van der Waals surface area contributed by atoms with Crippen LogP contribution in [0.4, 0.5) is 17.6 Å². The second-order valence-corrected chi connectivity index (χ2v) is 6.03. The van der Waals surface area contributed by atoms with Crippen molar-refractivity contribution >= 4 is 11.8 Å². The number of benzene rings is 1. The quantitative estimate of drug-likeness (QED) is 0.459. The van der Waals surface area contributed by atoms with E-state index in [1.165, 1.54) is 13.8 Å². The van der Waals surface area contributed by atoms with Gasteiger partial charge in [0.05, 0.1) is 11.7 Å². The summed E-state index contributed by atoms with van der Waals surface area (Å²) in [7, 11) is 0. The van der Waals surface area contributed by atoms with Gasteiger partial charge in [0.1, 0.15) is 5.60 Å². The summed E-state index contributed by atoms with van der Waals surface area (Å²) < 4.78 is 61.8. The van der Waals surface area contributed by atoms with Crippen LogP contribution in [0, 0.1) is 23.3 Å². The molecule has 1 aromatic rings. The molecule has 0 atom stereocenters. The molecule has 0 radical (unpaired) electrons. The molecule has 25 heavy (non-hydrogen) atoms. The van der Waals surface area contributed by atoms with Crippen molar-refractivity contribution in [3.8, 4) is 5.75 Å². The molecule has 0 aliphatic carbocycles. The zero-order valence-corrected chi connectivity index (χ0v) is 13.8. The first-order valence-electron chi connectivity index (χ1n) is 7.25. The number of nitrogens with zero attached hydrogens (tertiary/aromatic N) is 1. The zero-order chi connectivity index (χ0) is 19.1. The van der Waals surface area contributed by atoms with E-state index in [-0.39, 0.29) is 5.06 Å². The van der Waals surface area contributed by atoms with Gasteiger partial charge in [-0.05, 0) is 27.7 Å². The van der Waals surface area contributed by atoms with Crippen molar-refractivity contribution in [2.24, 2.45) is 0 Å². The summed E-state index contributed by atoms with van der Waals surface area (Å²) >= 11 is 0. The Morgan fingerprint density at radius 2 is 1.36 bits per heavy atom. The number of imide groups is 1. The van der Waals surface area contributed by atoms with Crippen LogP contribution in [0.3, 0.4) is 0 Å². The van der Waals surface area contributed by atoms with Crippen molar-refractivity contribution in [2.45, 2.75) is 39.4 Å². The molecular formula is C16H15F4NO4. The fraction of sp³-hybridized carbons (Fsp3) is 0.375. The van der Waals surface area contributed by atoms with Crippen molar-refractivity contribution in [1.29, 1.82) is 0 Å². The minimum Gasteiger partial charge on any atom is -0.485 e. The zero-order valence-electron chi connectivity index (χ0n) is 13.8. The van der Waals surface area contributed by atoms with E-state index in [1.54, 1.807) is 0 Å². The monoisotopic (exact) mass is 361 g/mol. The fourth-order valence-corrected chi connectivity index (χ4v) is 2.23. The van der Waals surface area contributed by atoms with Crippen LogP contribution in [0.2, 0.25) is 0 Å². The van der Waals surface area contributed by atoms with Crippen LogP contribution >= 0.6 is 0 Å². The summed E-state index contributed by atoms with van der Waals surface area (Å²) in [5, 5.41) is 0.243. The molecule has 1 heterocycles. The molecule has 0 saturated heterocycles. The van der Waals surface area contributed by atoms with Crippen LogP contribution in [-0.4, -0.2) is 23.0 Å². The highest BCUT2D eigenvalue weighted by molar-refractivity contribution is 6.11. The lowest BCUT2D eigenvalue weighted by Crippen LogP contribution is -2.39. The Morgan fingerprint density at radius 1 is 0.920 bits per heavy atom. The molecular weight excluding hydrogens is 346 g/mol. The summed E-state index contributed by atoms with van der Waals surface area (Å²) in [4.78, 5) is 28.0. The Kier molecular flexibility index (Phi) is 4.90. The minimum absolute atomic E-state index is 0.243. The number of rotatable bonds is 5. The average molecular weight is 361 g/mol. The maximum atomic E-state index is 14.4. The number of carbonyl (C=O) groups excluding carboxylic acids is 2. The van der Waals surface area contributed by atoms with E-state index in [0.29, 0.717) is 0 Å². The van der Waals surface area contributed by atoms with Gasteiger partial charge in [-0.15, -0.1) is 5.06 Å². The summed E-state index contributed by atoms with van der Waals surface area (Å²) in [6.45, 7) is 4.95. The molecule has 0 N–H and O–H groups in total. The highest BCUT2D eigenvalue weighted by Crippen LogP contribution is 2.38. The number of halogens is 4. The van der Waals surface area contributed by atoms with Gasteiger partial charge in [-0.25, -0.2) is 8.78 Å². The molecule has 1 aromatic carbocycles. The Bertz CT molecular complexity index is 727. The van der Waals surface area contributed by atoms with Crippen LogP contribution in [0.25, 0.3) is 0 Å². The van der Waals surface area contributed by atoms with Crippen LogP contribution in [0.1, 0.15) is 33.3 Å². The summed E-state index contributed by atoms with van der Waals surface area (Å²) in [5.74, 6) is -9.94. The molecule has 2 rings (SSSR count). The largest absolute Gasteiger partial charge is 0.485 e. The Labute approximate surface area is 140 Å². The second-order valence-electron chi connectivity index (χ2n) is 6.03. The number of amides is 2. The Balaban J connectivity index is 2.51. The minimum atomic E-state index is -2.08. The molecule has 2 amide bonds. The maximum Gasteiger partial charge on any atom is 0.278 e. The van der Waals surface area contributed by atoms with Crippen molar-refractivity contribution in [1.82, 2.24) is 5.06 Å². The fourth-order valence-electron chi connectivity index (χ4n) is 2.23. The Hall–Kier alpha value is -2.42. The number of ether oxygens (including phenoxy) is 1. The van der Waals surface area contributed by atoms with E-state index >= 15 is 0 Å². The van der Waals surface area contributed by atoms with Gasteiger partial charge in [0.25, 0.3) is 11.8 Å². The van der Waals surface area contributed by atoms with Gasteiger partial charge >= 0.3 is 0 Å². The van der Waals surface area contributed by atoms with Gasteiger partial charge in [0.2, 0.25) is 11.6 Å². The van der Waals surface area contributed by atoms with Crippen molar-refractivity contribution in [3.05, 3.63) is 41.0 Å². The molecule has 9 heteroatoms. The molecule has 0 unspecified atom stereocenters. The topological polar surface area (TPSA) is 55.8 Å². The predicted molar refractivity (Wildman–Crippen MR) is 77.1 cm³/mol. The third kappa shape index (κ3) is 3.37. The first-order chi connectivity index (χ1) is 11.5. The van der Waals surface area contributed by atoms with Crippen LogP contribution in [0.5, 0.6) is 5.75 Å². The molecule has 5 nitrogen and oxygen atoms in total. The normalized spacial score (nSPS) is 14.8. The van der Waals surface area contributed by atoms with Gasteiger partial charge in [-0.2, -0.15) is 8.78 Å². The molecule has 136 valence electrons. The highest BCUT2D eigenvalue weighted by atomic mass is 19.2. The highest BCUT2D eigenvalue weighted by Gasteiger charge is 2.40. The van der Waals surface area contributed by atoms with E-state index in [2.05, 4.69) is 0 Å². The maximum absolute atomic E-state index is 14.4. The van der Waals surface area contributed by atoms with Gasteiger partial charge in [0, 0.05) is 12.2 Å². The van der Waals surface area contributed by atoms with E-state index in [4.69, 9.17) is 9.57 Å². The number of hydrogen-bond donors (Lipinski definition) is 0. The van der Waals surface area contributed by atoms with E-state index in [9.17, 15) is 27.2 Å². The SMILES string of the molecule is CC(C)Oc1c(F)c(F)c(C(C)(C)ON2C(=O)C=CC2=O)c(F)c1F. The molecule has 0 bridgehead atoms. The Morgan fingerprint density at radius 3 is 1.76 bits per heavy atom. The molecule has 1 aliphatic rings. The van der Waals surface area contributed by atoms with Gasteiger partial charge in [-0.1, -0.05) is 0 Å². The lowest BCUT2D eigenvalue weighted by atomic mass is 9.96. The van der Waals surface area contributed by atoms with Crippen LogP contribution in [0.15, 0.2) is 12.2 Å². The molecule has 1 aliphatic heterocycles. The van der Waals surface area contributed by atoms with Crippen molar-refractivity contribution < 1.29 is 36.7 Å². The second kappa shape index (κ2) is 6.47. The molecule has 0 saturated carbocycles. The van der Waals surface area contributed by atoms with E-state index in [0.717, 1.165) is 26.0 Å². The number of hydroxylamine groups is 2. The van der Waals surface area contributed by atoms with Gasteiger partial charge in [-0.3, -0.25) is 14.4 Å². The van der Waals surface area contributed by atoms with Gasteiger partial charge < -0.3 is 4.74 Å². The molecule has 0 fully saturated rings. The summed E-state index contributed by atoms with van der Waals surface area (Å²) in [5.41, 5.74) is -3.20. The summed E-state index contributed by atoms with van der Waals surface area (Å²) in [6.07, 6.45) is 1.03. The lowest BCUT2D eigenvalue weighted by Gasteiger charge is -2.30. The third-order valence-electron chi connectivity index (χ3n) is 3.27. The molecule has 0 aromatic heterocycles. The summed E-state index contributed by atoms with van der Waals surface area (Å²) in [6, 6.07) is 0. The van der Waals surface area contributed by atoms with E-state index < -0.39 is 58.1 Å². The first kappa shape index (κ1) is 18.9. The van der Waals surface area contributed by atoms with Crippen LogP contribution < -0.4 is 4.74 Å². The average Bonchev–Trinajstić information content (AvgIpc) is 2.81. The van der Waals surface area contributed by atoms with Crippen molar-refractivity contribution in [2.75, 3.05) is 0 Å². The van der Waals surface area contributed by atoms with Crippen LogP contribution in [-0.2, 0) is 20.0 Å². The number of hydrogen-bond acceptors (Lipinski definition) is 4.